The van der Waals surface area contributed by atoms with E-state index in [9.17, 15) is 9.59 Å². The molecule has 4 aliphatic carbocycles. The number of esters is 1. The summed E-state index contributed by atoms with van der Waals surface area (Å²) in [7, 11) is 0. The maximum Gasteiger partial charge on any atom is 0.302 e. The SMILES string of the molecule is CC(=O)O[C@@H]1CC[C@@H]2[C@H]3CC[C@@H]4[C@@H](Br)C(=O)CC[C@]4(C)[C@@H]3CC[C@@]21C. The minimum Gasteiger partial charge on any atom is -0.462 e. The highest BCUT2D eigenvalue weighted by molar-refractivity contribution is 9.10. The average Bonchev–Trinajstić information content (AvgIpc) is 2.88. The van der Waals surface area contributed by atoms with Crippen LogP contribution in [-0.4, -0.2) is 22.7 Å². The molecule has 4 heteroatoms. The van der Waals surface area contributed by atoms with Crippen molar-refractivity contribution in [3.05, 3.63) is 0 Å². The van der Waals surface area contributed by atoms with Gasteiger partial charge in [-0.2, -0.15) is 0 Å². The van der Waals surface area contributed by atoms with Gasteiger partial charge < -0.3 is 4.74 Å². The molecule has 0 N–H and O–H groups in total. The van der Waals surface area contributed by atoms with Crippen LogP contribution in [0, 0.1) is 34.5 Å². The highest BCUT2D eigenvalue weighted by Crippen LogP contribution is 2.66. The molecule has 0 aliphatic heterocycles. The fourth-order valence-corrected chi connectivity index (χ4v) is 8.53. The zero-order chi connectivity index (χ0) is 18.0. The highest BCUT2D eigenvalue weighted by Gasteiger charge is 2.62. The van der Waals surface area contributed by atoms with Crippen molar-refractivity contribution in [2.75, 3.05) is 0 Å². The number of rotatable bonds is 1. The predicted molar refractivity (Wildman–Crippen MR) is 100 cm³/mol. The number of hydrogen-bond acceptors (Lipinski definition) is 3. The molecule has 0 radical (unpaired) electrons. The van der Waals surface area contributed by atoms with Crippen molar-refractivity contribution in [2.24, 2.45) is 34.5 Å². The van der Waals surface area contributed by atoms with Gasteiger partial charge in [0.05, 0.1) is 4.83 Å². The summed E-state index contributed by atoms with van der Waals surface area (Å²) in [5.41, 5.74) is 0.458. The second-order valence-corrected chi connectivity index (χ2v) is 10.6. The first-order valence-electron chi connectivity index (χ1n) is 10.1. The molecule has 4 aliphatic rings. The van der Waals surface area contributed by atoms with Crippen LogP contribution >= 0.6 is 15.9 Å². The van der Waals surface area contributed by atoms with Crippen LogP contribution in [-0.2, 0) is 14.3 Å². The van der Waals surface area contributed by atoms with Gasteiger partial charge in [0.1, 0.15) is 11.9 Å². The molecule has 0 aromatic rings. The van der Waals surface area contributed by atoms with Crippen molar-refractivity contribution in [3.8, 4) is 0 Å². The topological polar surface area (TPSA) is 43.4 Å². The minimum absolute atomic E-state index is 0.0675. The van der Waals surface area contributed by atoms with Gasteiger partial charge in [-0.05, 0) is 74.0 Å². The minimum atomic E-state index is -0.127. The molecule has 140 valence electrons. The summed E-state index contributed by atoms with van der Waals surface area (Å²) in [6.07, 6.45) is 8.96. The van der Waals surface area contributed by atoms with E-state index in [0.29, 0.717) is 23.0 Å². The summed E-state index contributed by atoms with van der Waals surface area (Å²) in [6.45, 7) is 6.39. The number of ketones is 1. The molecule has 4 rings (SSSR count). The fourth-order valence-electron chi connectivity index (χ4n) is 7.44. The Morgan fingerprint density at radius 2 is 1.68 bits per heavy atom. The second-order valence-electron chi connectivity index (χ2n) is 9.65. The number of alkyl halides is 1. The highest BCUT2D eigenvalue weighted by atomic mass is 79.9. The van der Waals surface area contributed by atoms with E-state index in [1.54, 1.807) is 6.92 Å². The van der Waals surface area contributed by atoms with Crippen LogP contribution in [0.4, 0.5) is 0 Å². The normalized spacial score (nSPS) is 52.1. The maximum atomic E-state index is 12.2. The first kappa shape index (κ1) is 18.0. The molecular formula is C21H31BrO3. The number of ether oxygens (including phenoxy) is 1. The van der Waals surface area contributed by atoms with Gasteiger partial charge in [-0.15, -0.1) is 0 Å². The Hall–Kier alpha value is -0.380. The molecule has 0 saturated heterocycles. The summed E-state index contributed by atoms with van der Waals surface area (Å²) in [4.78, 5) is 23.8. The van der Waals surface area contributed by atoms with Crippen LogP contribution < -0.4 is 0 Å². The monoisotopic (exact) mass is 410 g/mol. The summed E-state index contributed by atoms with van der Waals surface area (Å²) >= 11 is 3.74. The summed E-state index contributed by atoms with van der Waals surface area (Å²) < 4.78 is 5.74. The molecule has 0 aromatic carbocycles. The van der Waals surface area contributed by atoms with E-state index >= 15 is 0 Å². The van der Waals surface area contributed by atoms with Crippen molar-refractivity contribution >= 4 is 27.7 Å². The van der Waals surface area contributed by atoms with E-state index in [4.69, 9.17) is 4.74 Å². The molecule has 0 bridgehead atoms. The van der Waals surface area contributed by atoms with E-state index in [2.05, 4.69) is 29.8 Å². The maximum absolute atomic E-state index is 12.2. The van der Waals surface area contributed by atoms with Crippen LogP contribution in [0.5, 0.6) is 0 Å². The van der Waals surface area contributed by atoms with Crippen molar-refractivity contribution in [1.29, 1.82) is 0 Å². The fraction of sp³-hybridized carbons (Fsp3) is 0.905. The molecule has 25 heavy (non-hydrogen) atoms. The lowest BCUT2D eigenvalue weighted by atomic mass is 9.45. The number of carbonyl (C=O) groups is 2. The first-order valence-corrected chi connectivity index (χ1v) is 11.0. The van der Waals surface area contributed by atoms with Crippen LogP contribution in [0.15, 0.2) is 0 Å². The number of fused-ring (bicyclic) bond motifs is 5. The Kier molecular flexibility index (Phi) is 4.37. The second kappa shape index (κ2) is 6.07. The Morgan fingerprint density at radius 1 is 1.00 bits per heavy atom. The zero-order valence-electron chi connectivity index (χ0n) is 15.7. The van der Waals surface area contributed by atoms with Gasteiger partial charge in [0.2, 0.25) is 0 Å². The van der Waals surface area contributed by atoms with Gasteiger partial charge in [-0.1, -0.05) is 29.8 Å². The van der Waals surface area contributed by atoms with Gasteiger partial charge in [0.25, 0.3) is 0 Å². The first-order chi connectivity index (χ1) is 11.8. The molecule has 4 fully saturated rings. The van der Waals surface area contributed by atoms with E-state index in [0.717, 1.165) is 31.1 Å². The van der Waals surface area contributed by atoms with Gasteiger partial charge in [0.15, 0.2) is 0 Å². The van der Waals surface area contributed by atoms with E-state index < -0.39 is 0 Å². The van der Waals surface area contributed by atoms with E-state index in [-0.39, 0.29) is 22.3 Å². The van der Waals surface area contributed by atoms with Crippen molar-refractivity contribution in [1.82, 2.24) is 0 Å². The lowest BCUT2D eigenvalue weighted by Crippen LogP contribution is -2.56. The zero-order valence-corrected chi connectivity index (χ0v) is 17.3. The molecule has 8 atom stereocenters. The lowest BCUT2D eigenvalue weighted by Gasteiger charge is -2.60. The van der Waals surface area contributed by atoms with Crippen molar-refractivity contribution in [2.45, 2.75) is 83.1 Å². The van der Waals surface area contributed by atoms with Gasteiger partial charge in [-0.3, -0.25) is 9.59 Å². The van der Waals surface area contributed by atoms with Crippen molar-refractivity contribution < 1.29 is 14.3 Å². The van der Waals surface area contributed by atoms with Gasteiger partial charge in [0, 0.05) is 18.8 Å². The van der Waals surface area contributed by atoms with E-state index in [1.165, 1.54) is 32.1 Å². The molecule has 0 spiro atoms. The lowest BCUT2D eigenvalue weighted by molar-refractivity contribution is -0.161. The molecule has 3 nitrogen and oxygen atoms in total. The Labute approximate surface area is 159 Å². The van der Waals surface area contributed by atoms with Crippen molar-refractivity contribution in [3.63, 3.8) is 0 Å². The number of Topliss-reactive ketones (excluding diaryl/α,β-unsaturated/α-hetero) is 1. The van der Waals surface area contributed by atoms with Crippen LogP contribution in [0.1, 0.15) is 72.1 Å². The molecule has 4 saturated carbocycles. The summed E-state index contributed by atoms with van der Waals surface area (Å²) in [6, 6.07) is 0. The third-order valence-electron chi connectivity index (χ3n) is 8.73. The molecule has 0 unspecified atom stereocenters. The van der Waals surface area contributed by atoms with E-state index in [1.807, 2.05) is 0 Å². The van der Waals surface area contributed by atoms with Gasteiger partial charge >= 0.3 is 5.97 Å². The average molecular weight is 411 g/mol. The smallest absolute Gasteiger partial charge is 0.302 e. The standard InChI is InChI=1S/C21H31BrO3/c1-12(23)25-18-7-6-14-13-4-5-16-19(22)17(24)9-11-20(16,2)15(13)8-10-21(14,18)3/h13-16,18-19H,4-11H2,1-3H3/t13-,14-,15-,16-,18-,19-,20-,21+/m1/s1. The van der Waals surface area contributed by atoms with Crippen LogP contribution in [0.3, 0.4) is 0 Å². The predicted octanol–water partition coefficient (Wildman–Crippen LogP) is 4.90. The van der Waals surface area contributed by atoms with Crippen LogP contribution in [0.2, 0.25) is 0 Å². The number of carbonyl (C=O) groups excluding carboxylic acids is 2. The number of hydrogen-bond donors (Lipinski definition) is 0. The van der Waals surface area contributed by atoms with Gasteiger partial charge in [-0.25, -0.2) is 0 Å². The molecular weight excluding hydrogens is 380 g/mol. The number of halogens is 1. The summed E-state index contributed by atoms with van der Waals surface area (Å²) in [5.74, 6) is 2.95. The Balaban J connectivity index is 1.60. The molecule has 0 amide bonds. The quantitative estimate of drug-likeness (QED) is 0.455. The molecule has 0 heterocycles. The largest absolute Gasteiger partial charge is 0.462 e. The third-order valence-corrected chi connectivity index (χ3v) is 9.88. The summed E-state index contributed by atoms with van der Waals surface area (Å²) in [5, 5.41) is 0. The Morgan fingerprint density at radius 3 is 2.40 bits per heavy atom. The molecule has 0 aromatic heterocycles. The van der Waals surface area contributed by atoms with Crippen LogP contribution in [0.25, 0.3) is 0 Å². The third kappa shape index (κ3) is 2.56. The Bertz CT molecular complexity index is 590.